The second-order valence-corrected chi connectivity index (χ2v) is 12.9. The van der Waals surface area contributed by atoms with Gasteiger partial charge >= 0.3 is 6.09 Å². The molecule has 0 spiro atoms. The molecule has 216 valence electrons. The van der Waals surface area contributed by atoms with Crippen LogP contribution in [0, 0.1) is 5.92 Å². The highest BCUT2D eigenvalue weighted by molar-refractivity contribution is 8.00. The molecule has 0 aromatic heterocycles. The van der Waals surface area contributed by atoms with Crippen LogP contribution in [0.4, 0.5) is 4.79 Å². The van der Waals surface area contributed by atoms with Crippen LogP contribution in [0.1, 0.15) is 40.0 Å². The third-order valence-electron chi connectivity index (χ3n) is 7.59. The lowest BCUT2D eigenvalue weighted by molar-refractivity contribution is -0.170. The van der Waals surface area contributed by atoms with Crippen molar-refractivity contribution in [2.24, 2.45) is 5.92 Å². The van der Waals surface area contributed by atoms with Gasteiger partial charge in [-0.3, -0.25) is 10.1 Å². The first-order chi connectivity index (χ1) is 19.1. The summed E-state index contributed by atoms with van der Waals surface area (Å²) in [6, 6.07) is 19.5. The topological polar surface area (TPSA) is 97.4 Å². The van der Waals surface area contributed by atoms with Crippen LogP contribution in [0.2, 0.25) is 0 Å². The highest BCUT2D eigenvalue weighted by Gasteiger charge is 2.67. The van der Waals surface area contributed by atoms with E-state index in [0.717, 1.165) is 16.2 Å². The Morgan fingerprint density at radius 1 is 1.07 bits per heavy atom. The summed E-state index contributed by atoms with van der Waals surface area (Å²) in [5, 5.41) is 14.5. The van der Waals surface area contributed by atoms with E-state index in [2.05, 4.69) is 11.4 Å². The number of imide groups is 1. The first-order valence-electron chi connectivity index (χ1n) is 13.6. The normalized spacial score (nSPS) is 29.3. The summed E-state index contributed by atoms with van der Waals surface area (Å²) in [6.07, 6.45) is 1.52. The van der Waals surface area contributed by atoms with E-state index in [1.54, 1.807) is 18.9 Å². The Kier molecular flexibility index (Phi) is 10.4. The van der Waals surface area contributed by atoms with Gasteiger partial charge in [0.1, 0.15) is 17.8 Å². The fraction of sp³-hybridized carbons (Fsp3) is 0.484. The van der Waals surface area contributed by atoms with Crippen molar-refractivity contribution < 1.29 is 28.9 Å². The van der Waals surface area contributed by atoms with Crippen LogP contribution >= 0.6 is 23.5 Å². The van der Waals surface area contributed by atoms with Gasteiger partial charge in [0.2, 0.25) is 5.91 Å². The van der Waals surface area contributed by atoms with Gasteiger partial charge in [-0.15, -0.1) is 23.5 Å². The number of hydrogen-bond donors (Lipinski definition) is 2. The molecular weight excluding hydrogens is 546 g/mol. The number of carbonyl (C=O) groups is 2. The number of allylic oxidation sites excluding steroid dienone is 1. The van der Waals surface area contributed by atoms with E-state index in [-0.39, 0.29) is 11.9 Å². The molecule has 2 N–H and O–H groups in total. The summed E-state index contributed by atoms with van der Waals surface area (Å²) in [5.41, 5.74) is -0.569. The zero-order valence-corrected chi connectivity index (χ0v) is 25.1. The van der Waals surface area contributed by atoms with E-state index in [4.69, 9.17) is 14.2 Å². The molecule has 40 heavy (non-hydrogen) atoms. The van der Waals surface area contributed by atoms with Gasteiger partial charge in [0.15, 0.2) is 0 Å². The largest absolute Gasteiger partial charge is 0.443 e. The predicted molar refractivity (Wildman–Crippen MR) is 159 cm³/mol. The Labute approximate surface area is 245 Å². The molecule has 1 heterocycles. The lowest BCUT2D eigenvalue weighted by atomic mass is 9.66. The van der Waals surface area contributed by atoms with Crippen molar-refractivity contribution >= 4 is 35.5 Å². The van der Waals surface area contributed by atoms with E-state index >= 15 is 0 Å². The molecule has 1 aliphatic heterocycles. The molecule has 1 saturated carbocycles. The molecule has 0 bridgehead atoms. The van der Waals surface area contributed by atoms with Gasteiger partial charge in [-0.05, 0) is 64.3 Å². The molecule has 2 fully saturated rings. The Bertz CT molecular complexity index is 1170. The van der Waals surface area contributed by atoms with Gasteiger partial charge in [-0.1, -0.05) is 48.0 Å². The number of hydrogen-bond acceptors (Lipinski definition) is 8. The van der Waals surface area contributed by atoms with E-state index in [1.165, 1.54) is 17.3 Å². The maximum Gasteiger partial charge on any atom is 0.414 e. The van der Waals surface area contributed by atoms with Gasteiger partial charge < -0.3 is 19.3 Å². The number of amides is 2. The number of benzene rings is 2. The fourth-order valence-electron chi connectivity index (χ4n) is 5.55. The van der Waals surface area contributed by atoms with Crippen molar-refractivity contribution in [3.05, 3.63) is 72.3 Å². The standard InChI is InChI=1S/C31H39NO6S2/c1-21(2)15-16-25-30(3,38-25)28-27(36-4)24(17-18-31(28,35)20-40-23-13-9-6-10-14-23)37-29(34)32-26(33)19-39-22-11-7-5-8-12-22/h5-15,24-25,27-28,35H,16-20H2,1-4H3,(H,32,33,34). The van der Waals surface area contributed by atoms with Gasteiger partial charge in [0.05, 0.1) is 17.5 Å². The molecule has 7 nitrogen and oxygen atoms in total. The number of epoxide rings is 1. The van der Waals surface area contributed by atoms with Crippen LogP contribution in [-0.2, 0) is 19.0 Å². The average molecular weight is 586 g/mol. The Morgan fingerprint density at radius 3 is 2.30 bits per heavy atom. The lowest BCUT2D eigenvalue weighted by Gasteiger charge is -2.48. The van der Waals surface area contributed by atoms with Crippen LogP contribution in [0.5, 0.6) is 0 Å². The van der Waals surface area contributed by atoms with Crippen molar-refractivity contribution in [1.29, 1.82) is 0 Å². The van der Waals surface area contributed by atoms with E-state index < -0.39 is 41.3 Å². The minimum absolute atomic E-state index is 0.0811. The third kappa shape index (κ3) is 7.70. The zero-order chi connectivity index (χ0) is 28.8. The summed E-state index contributed by atoms with van der Waals surface area (Å²) in [5.74, 6) is -0.346. The first-order valence-corrected chi connectivity index (χ1v) is 15.5. The van der Waals surface area contributed by atoms with Crippen LogP contribution in [0.25, 0.3) is 0 Å². The van der Waals surface area contributed by atoms with Crippen molar-refractivity contribution in [3.8, 4) is 0 Å². The van der Waals surface area contributed by atoms with E-state index in [0.29, 0.717) is 18.6 Å². The number of alkyl carbamates (subject to hydrolysis) is 1. The lowest BCUT2D eigenvalue weighted by Crippen LogP contribution is -2.61. The molecule has 6 atom stereocenters. The number of nitrogens with one attached hydrogen (secondary N) is 1. The van der Waals surface area contributed by atoms with Gasteiger partial charge in [0, 0.05) is 28.6 Å². The molecule has 0 radical (unpaired) electrons. The summed E-state index contributed by atoms with van der Waals surface area (Å²) in [4.78, 5) is 27.2. The van der Waals surface area contributed by atoms with Gasteiger partial charge in [-0.2, -0.15) is 0 Å². The maximum atomic E-state index is 12.8. The molecule has 2 amide bonds. The van der Waals surface area contributed by atoms with E-state index in [9.17, 15) is 14.7 Å². The van der Waals surface area contributed by atoms with Crippen LogP contribution in [-0.4, -0.2) is 65.2 Å². The Morgan fingerprint density at radius 2 is 1.70 bits per heavy atom. The van der Waals surface area contributed by atoms with Crippen molar-refractivity contribution in [2.45, 2.75) is 79.3 Å². The maximum absolute atomic E-state index is 12.8. The number of thioether (sulfide) groups is 2. The van der Waals surface area contributed by atoms with Gasteiger partial charge in [0.25, 0.3) is 0 Å². The molecule has 6 unspecified atom stereocenters. The Hall–Kier alpha value is -2.30. The Balaban J connectivity index is 1.45. The van der Waals surface area contributed by atoms with Crippen molar-refractivity contribution in [3.63, 3.8) is 0 Å². The van der Waals surface area contributed by atoms with Crippen LogP contribution in [0.15, 0.2) is 82.1 Å². The molecule has 1 saturated heterocycles. The summed E-state index contributed by atoms with van der Waals surface area (Å²) in [6.45, 7) is 6.11. The quantitative estimate of drug-likeness (QED) is 0.192. The number of methoxy groups -OCH3 is 1. The molecule has 9 heteroatoms. The predicted octanol–water partition coefficient (Wildman–Crippen LogP) is 5.86. The zero-order valence-electron chi connectivity index (χ0n) is 23.5. The van der Waals surface area contributed by atoms with Crippen LogP contribution < -0.4 is 5.32 Å². The molecule has 1 aliphatic carbocycles. The number of rotatable bonds is 11. The number of carbonyl (C=O) groups excluding carboxylic acids is 2. The minimum Gasteiger partial charge on any atom is -0.443 e. The van der Waals surface area contributed by atoms with E-state index in [1.807, 2.05) is 81.4 Å². The monoisotopic (exact) mass is 585 g/mol. The van der Waals surface area contributed by atoms with Crippen molar-refractivity contribution in [2.75, 3.05) is 18.6 Å². The molecule has 2 aromatic carbocycles. The number of ether oxygens (including phenoxy) is 3. The summed E-state index contributed by atoms with van der Waals surface area (Å²) < 4.78 is 18.0. The van der Waals surface area contributed by atoms with Crippen LogP contribution in [0.3, 0.4) is 0 Å². The molecule has 2 aliphatic rings. The molecule has 4 rings (SSSR count). The minimum atomic E-state index is -1.12. The highest BCUT2D eigenvalue weighted by atomic mass is 32.2. The smallest absolute Gasteiger partial charge is 0.414 e. The van der Waals surface area contributed by atoms with Gasteiger partial charge in [-0.25, -0.2) is 4.79 Å². The first kappa shape index (κ1) is 30.7. The average Bonchev–Trinajstić information content (AvgIpc) is 3.61. The SMILES string of the molecule is COC1C(OC(=O)NC(=O)CSc2ccccc2)CCC(O)(CSc2ccccc2)C1C1(C)OC1CC=C(C)C. The third-order valence-corrected chi connectivity index (χ3v) is 9.85. The highest BCUT2D eigenvalue weighted by Crippen LogP contribution is 2.55. The summed E-state index contributed by atoms with van der Waals surface area (Å²) in [7, 11) is 1.57. The molecular formula is C31H39NO6S2. The fourth-order valence-corrected chi connectivity index (χ4v) is 7.36. The second kappa shape index (κ2) is 13.6. The molecule has 2 aromatic rings. The number of aliphatic hydroxyl groups is 1. The summed E-state index contributed by atoms with van der Waals surface area (Å²) >= 11 is 2.94. The second-order valence-electron chi connectivity index (χ2n) is 10.8. The van der Waals surface area contributed by atoms with Crippen molar-refractivity contribution in [1.82, 2.24) is 5.32 Å².